The van der Waals surface area contributed by atoms with Crippen LogP contribution >= 0.6 is 11.6 Å². The third-order valence-corrected chi connectivity index (χ3v) is 5.89. The quantitative estimate of drug-likeness (QED) is 0.560. The van der Waals surface area contributed by atoms with Gasteiger partial charge in [-0.3, -0.25) is 4.79 Å². The van der Waals surface area contributed by atoms with Gasteiger partial charge in [0.1, 0.15) is 0 Å². The molecule has 0 bridgehead atoms. The van der Waals surface area contributed by atoms with Crippen molar-refractivity contribution >= 4 is 29.1 Å². The van der Waals surface area contributed by atoms with Gasteiger partial charge in [-0.2, -0.15) is 0 Å². The Morgan fingerprint density at radius 3 is 2.61 bits per heavy atom. The highest BCUT2D eigenvalue weighted by Crippen LogP contribution is 2.22. The summed E-state index contributed by atoms with van der Waals surface area (Å²) in [5, 5.41) is 6.90. The van der Waals surface area contributed by atoms with Gasteiger partial charge in [-0.15, -0.1) is 0 Å². The normalized spacial score (nSPS) is 16.3. The van der Waals surface area contributed by atoms with E-state index in [1.165, 1.54) is 12.8 Å². The van der Waals surface area contributed by atoms with Crippen LogP contribution in [-0.2, 0) is 0 Å². The Bertz CT molecular complexity index is 1020. The van der Waals surface area contributed by atoms with Gasteiger partial charge in [0.25, 0.3) is 5.91 Å². The topological polar surface area (TPSA) is 70.2 Å². The van der Waals surface area contributed by atoms with Crippen LogP contribution in [-0.4, -0.2) is 47.0 Å². The SMILES string of the molecule is CN1CCCC1CCNC(=O)c1ccc(Nc2nccc(-c3ccc(Cl)cc3)n2)cc1. The van der Waals surface area contributed by atoms with E-state index in [-0.39, 0.29) is 5.91 Å². The first kappa shape index (κ1) is 21.3. The molecule has 6 nitrogen and oxygen atoms in total. The second kappa shape index (κ2) is 9.90. The molecule has 1 aromatic heterocycles. The Morgan fingerprint density at radius 2 is 1.90 bits per heavy atom. The van der Waals surface area contributed by atoms with Gasteiger partial charge in [-0.1, -0.05) is 23.7 Å². The summed E-state index contributed by atoms with van der Waals surface area (Å²) in [6.45, 7) is 1.85. The summed E-state index contributed by atoms with van der Waals surface area (Å²) in [6.07, 6.45) is 5.16. The van der Waals surface area contributed by atoms with Crippen LogP contribution < -0.4 is 10.6 Å². The number of carbonyl (C=O) groups excluding carboxylic acids is 1. The van der Waals surface area contributed by atoms with Crippen molar-refractivity contribution in [2.24, 2.45) is 0 Å². The first-order valence-electron chi connectivity index (χ1n) is 10.5. The van der Waals surface area contributed by atoms with Gasteiger partial charge in [-0.25, -0.2) is 9.97 Å². The predicted molar refractivity (Wildman–Crippen MR) is 125 cm³/mol. The molecule has 160 valence electrons. The van der Waals surface area contributed by atoms with Crippen LogP contribution in [0.15, 0.2) is 60.8 Å². The number of amides is 1. The van der Waals surface area contributed by atoms with Crippen LogP contribution in [0.5, 0.6) is 0 Å². The number of nitrogens with zero attached hydrogens (tertiary/aromatic N) is 3. The van der Waals surface area contributed by atoms with E-state index in [1.807, 2.05) is 54.6 Å². The van der Waals surface area contributed by atoms with Crippen molar-refractivity contribution in [2.45, 2.75) is 25.3 Å². The summed E-state index contributed by atoms with van der Waals surface area (Å²) in [6, 6.07) is 17.3. The lowest BCUT2D eigenvalue weighted by Gasteiger charge is -2.19. The fourth-order valence-electron chi connectivity index (χ4n) is 3.83. The maximum atomic E-state index is 12.4. The highest BCUT2D eigenvalue weighted by molar-refractivity contribution is 6.30. The van der Waals surface area contributed by atoms with Gasteiger partial charge >= 0.3 is 0 Å². The lowest BCUT2D eigenvalue weighted by molar-refractivity contribution is 0.0950. The van der Waals surface area contributed by atoms with Gasteiger partial charge in [0, 0.05) is 40.6 Å². The molecule has 1 saturated heterocycles. The van der Waals surface area contributed by atoms with Gasteiger partial charge < -0.3 is 15.5 Å². The summed E-state index contributed by atoms with van der Waals surface area (Å²) in [7, 11) is 2.15. The minimum atomic E-state index is -0.0480. The number of aromatic nitrogens is 2. The lowest BCUT2D eigenvalue weighted by atomic mass is 10.1. The highest BCUT2D eigenvalue weighted by atomic mass is 35.5. The first-order valence-corrected chi connectivity index (χ1v) is 10.9. The van der Waals surface area contributed by atoms with E-state index in [2.05, 4.69) is 32.5 Å². The zero-order valence-corrected chi connectivity index (χ0v) is 18.3. The van der Waals surface area contributed by atoms with E-state index >= 15 is 0 Å². The fourth-order valence-corrected chi connectivity index (χ4v) is 3.96. The number of likely N-dealkylation sites (tertiary alicyclic amines) is 1. The van der Waals surface area contributed by atoms with Crippen molar-refractivity contribution in [3.63, 3.8) is 0 Å². The standard InChI is InChI=1S/C24H26ClN5O/c1-30-16-2-3-21(30)12-14-26-23(31)18-6-10-20(11-7-18)28-24-27-15-13-22(29-24)17-4-8-19(25)9-5-17/h4-11,13,15,21H,2-3,12,14,16H2,1H3,(H,26,31)(H,27,28,29). The zero-order valence-electron chi connectivity index (χ0n) is 17.5. The summed E-state index contributed by atoms with van der Waals surface area (Å²) in [5.41, 5.74) is 3.22. The fraction of sp³-hybridized carbons (Fsp3) is 0.292. The largest absolute Gasteiger partial charge is 0.352 e. The van der Waals surface area contributed by atoms with Gasteiger partial charge in [-0.05, 0) is 75.3 Å². The molecule has 31 heavy (non-hydrogen) atoms. The number of hydrogen-bond acceptors (Lipinski definition) is 5. The average molecular weight is 436 g/mol. The van der Waals surface area contributed by atoms with E-state index in [0.717, 1.165) is 29.9 Å². The number of rotatable bonds is 7. The maximum Gasteiger partial charge on any atom is 0.251 e. The molecule has 0 aliphatic carbocycles. The van der Waals surface area contributed by atoms with Crippen LogP contribution in [0.4, 0.5) is 11.6 Å². The Hall–Kier alpha value is -2.96. The summed E-state index contributed by atoms with van der Waals surface area (Å²) in [4.78, 5) is 23.6. The predicted octanol–water partition coefficient (Wildman–Crippen LogP) is 4.75. The minimum Gasteiger partial charge on any atom is -0.352 e. The average Bonchev–Trinajstić information content (AvgIpc) is 3.19. The van der Waals surface area contributed by atoms with Crippen molar-refractivity contribution < 1.29 is 4.79 Å². The van der Waals surface area contributed by atoms with E-state index in [4.69, 9.17) is 11.6 Å². The zero-order chi connectivity index (χ0) is 21.6. The van der Waals surface area contributed by atoms with Crippen molar-refractivity contribution in [3.8, 4) is 11.3 Å². The molecule has 1 aliphatic rings. The summed E-state index contributed by atoms with van der Waals surface area (Å²) < 4.78 is 0. The van der Waals surface area contributed by atoms with Gasteiger partial charge in [0.2, 0.25) is 5.95 Å². The van der Waals surface area contributed by atoms with Crippen molar-refractivity contribution in [1.29, 1.82) is 0 Å². The number of halogens is 1. The minimum absolute atomic E-state index is 0.0480. The molecule has 0 radical (unpaired) electrons. The third kappa shape index (κ3) is 5.60. The molecule has 1 unspecified atom stereocenters. The van der Waals surface area contributed by atoms with Crippen molar-refractivity contribution in [2.75, 3.05) is 25.5 Å². The lowest BCUT2D eigenvalue weighted by Crippen LogP contribution is -2.31. The Morgan fingerprint density at radius 1 is 1.13 bits per heavy atom. The monoisotopic (exact) mass is 435 g/mol. The number of carbonyl (C=O) groups is 1. The summed E-state index contributed by atoms with van der Waals surface area (Å²) in [5.74, 6) is 0.443. The molecule has 7 heteroatoms. The molecular formula is C24H26ClN5O. The van der Waals surface area contributed by atoms with Crippen LogP contribution in [0.1, 0.15) is 29.6 Å². The molecule has 2 aromatic carbocycles. The molecular weight excluding hydrogens is 410 g/mol. The second-order valence-corrected chi connectivity index (χ2v) is 8.23. The maximum absolute atomic E-state index is 12.4. The van der Waals surface area contributed by atoms with Gasteiger partial charge in [0.15, 0.2) is 0 Å². The Balaban J connectivity index is 1.33. The van der Waals surface area contributed by atoms with E-state index in [9.17, 15) is 4.79 Å². The van der Waals surface area contributed by atoms with Crippen molar-refractivity contribution in [3.05, 3.63) is 71.4 Å². The number of benzene rings is 2. The molecule has 0 saturated carbocycles. The molecule has 2 N–H and O–H groups in total. The molecule has 4 rings (SSSR count). The molecule has 1 amide bonds. The molecule has 2 heterocycles. The Labute approximate surface area is 187 Å². The second-order valence-electron chi connectivity index (χ2n) is 7.80. The van der Waals surface area contributed by atoms with Crippen LogP contribution in [0.2, 0.25) is 5.02 Å². The molecule has 1 atom stereocenters. The molecule has 1 fully saturated rings. The molecule has 3 aromatic rings. The Kier molecular flexibility index (Phi) is 6.79. The van der Waals surface area contributed by atoms with Gasteiger partial charge in [0.05, 0.1) is 5.69 Å². The van der Waals surface area contributed by atoms with Crippen LogP contribution in [0, 0.1) is 0 Å². The first-order chi connectivity index (χ1) is 15.1. The number of anilines is 2. The van der Waals surface area contributed by atoms with Crippen LogP contribution in [0.25, 0.3) is 11.3 Å². The molecule has 0 spiro atoms. The van der Waals surface area contributed by atoms with Crippen molar-refractivity contribution in [1.82, 2.24) is 20.2 Å². The van der Waals surface area contributed by atoms with E-state index in [0.29, 0.717) is 29.1 Å². The summed E-state index contributed by atoms with van der Waals surface area (Å²) >= 11 is 5.96. The van der Waals surface area contributed by atoms with E-state index < -0.39 is 0 Å². The highest BCUT2D eigenvalue weighted by Gasteiger charge is 2.20. The molecule has 1 aliphatic heterocycles. The number of nitrogens with one attached hydrogen (secondary N) is 2. The van der Waals surface area contributed by atoms with E-state index in [1.54, 1.807) is 6.20 Å². The smallest absolute Gasteiger partial charge is 0.251 e. The van der Waals surface area contributed by atoms with Crippen LogP contribution in [0.3, 0.4) is 0 Å². The number of hydrogen-bond donors (Lipinski definition) is 2. The third-order valence-electron chi connectivity index (χ3n) is 5.63.